The molecule has 0 spiro atoms. The Balaban J connectivity index is 2.33. The van der Waals surface area contributed by atoms with Crippen LogP contribution < -0.4 is 0 Å². The van der Waals surface area contributed by atoms with Gasteiger partial charge in [-0.1, -0.05) is 19.4 Å². The number of hydrogen-bond donors (Lipinski definition) is 0. The summed E-state index contributed by atoms with van der Waals surface area (Å²) in [5.41, 5.74) is 2.91. The molecule has 0 aliphatic heterocycles. The Morgan fingerprint density at radius 1 is 1.38 bits per heavy atom. The molecule has 1 aliphatic rings. The molecule has 1 aliphatic carbocycles. The first-order valence-electron chi connectivity index (χ1n) is 5.21. The Morgan fingerprint density at radius 3 is 2.62 bits per heavy atom. The molecule has 0 amide bonds. The third kappa shape index (κ3) is 1.37. The van der Waals surface area contributed by atoms with Gasteiger partial charge in [0.15, 0.2) is 0 Å². The minimum atomic E-state index is 0.437. The van der Waals surface area contributed by atoms with E-state index in [0.717, 1.165) is 5.69 Å². The zero-order chi connectivity index (χ0) is 9.31. The first-order valence-corrected chi connectivity index (χ1v) is 5.21. The van der Waals surface area contributed by atoms with Gasteiger partial charge in [-0.15, -0.1) is 0 Å². The number of hydrogen-bond acceptors (Lipinski definition) is 1. The fraction of sp³-hybridized carbons (Fsp3) is 0.583. The summed E-state index contributed by atoms with van der Waals surface area (Å²) in [6.07, 6.45) is 5.28. The second-order valence-electron chi connectivity index (χ2n) is 4.15. The minimum Gasteiger partial charge on any atom is -0.258 e. The molecule has 1 heterocycles. The summed E-state index contributed by atoms with van der Waals surface area (Å²) in [6, 6.07) is 6.40. The first-order chi connectivity index (χ1) is 6.27. The highest BCUT2D eigenvalue weighted by atomic mass is 14.7. The first kappa shape index (κ1) is 8.74. The summed E-state index contributed by atoms with van der Waals surface area (Å²) in [7, 11) is 0. The molecule has 0 unspecified atom stereocenters. The molecule has 1 aromatic rings. The van der Waals surface area contributed by atoms with E-state index in [4.69, 9.17) is 0 Å². The fourth-order valence-electron chi connectivity index (χ4n) is 2.23. The number of aromatic nitrogens is 1. The van der Waals surface area contributed by atoms with Gasteiger partial charge in [0, 0.05) is 16.8 Å². The van der Waals surface area contributed by atoms with Crippen molar-refractivity contribution in [2.24, 2.45) is 0 Å². The molecule has 1 nitrogen and oxygen atoms in total. The van der Waals surface area contributed by atoms with Crippen LogP contribution in [0.15, 0.2) is 18.2 Å². The second-order valence-corrected chi connectivity index (χ2v) is 4.15. The summed E-state index contributed by atoms with van der Waals surface area (Å²) in [5.74, 6) is 0. The molecule has 1 fully saturated rings. The Hall–Kier alpha value is -0.850. The van der Waals surface area contributed by atoms with Crippen molar-refractivity contribution in [3.63, 3.8) is 0 Å². The number of rotatable bonds is 2. The van der Waals surface area contributed by atoms with Gasteiger partial charge in [0.1, 0.15) is 0 Å². The van der Waals surface area contributed by atoms with Crippen LogP contribution in [-0.2, 0) is 5.41 Å². The second kappa shape index (κ2) is 3.13. The van der Waals surface area contributed by atoms with Crippen LogP contribution in [0.4, 0.5) is 0 Å². The molecule has 13 heavy (non-hydrogen) atoms. The van der Waals surface area contributed by atoms with Crippen LogP contribution in [0.5, 0.6) is 0 Å². The fourth-order valence-corrected chi connectivity index (χ4v) is 2.23. The highest BCUT2D eigenvalue weighted by molar-refractivity contribution is 5.22. The third-order valence-electron chi connectivity index (χ3n) is 3.42. The monoisotopic (exact) mass is 175 g/mol. The van der Waals surface area contributed by atoms with E-state index in [9.17, 15) is 0 Å². The molecule has 2 rings (SSSR count). The van der Waals surface area contributed by atoms with Gasteiger partial charge in [-0.3, -0.25) is 4.98 Å². The predicted octanol–water partition coefficient (Wildman–Crippen LogP) is 3.22. The summed E-state index contributed by atoms with van der Waals surface area (Å²) in [6.45, 7) is 4.36. The molecule has 0 atom stereocenters. The summed E-state index contributed by atoms with van der Waals surface area (Å²) in [5, 5.41) is 0. The molecule has 0 N–H and O–H groups in total. The van der Waals surface area contributed by atoms with Crippen molar-refractivity contribution in [2.45, 2.75) is 44.9 Å². The standard InChI is InChI=1S/C12H17N/c1-3-12(8-5-9-12)11-7-4-6-10(2)13-11/h4,6-7H,3,5,8-9H2,1-2H3. The maximum atomic E-state index is 4.64. The normalized spacial score (nSPS) is 19.5. The van der Waals surface area contributed by atoms with Gasteiger partial charge in [-0.05, 0) is 38.3 Å². The largest absolute Gasteiger partial charge is 0.258 e. The van der Waals surface area contributed by atoms with Crippen molar-refractivity contribution in [2.75, 3.05) is 0 Å². The quantitative estimate of drug-likeness (QED) is 0.672. The van der Waals surface area contributed by atoms with Gasteiger partial charge in [0.05, 0.1) is 0 Å². The number of nitrogens with zero attached hydrogens (tertiary/aromatic N) is 1. The van der Waals surface area contributed by atoms with Crippen molar-refractivity contribution in [1.29, 1.82) is 0 Å². The average molecular weight is 175 g/mol. The molecule has 70 valence electrons. The van der Waals surface area contributed by atoms with E-state index in [1.54, 1.807) is 0 Å². The van der Waals surface area contributed by atoms with Gasteiger partial charge >= 0.3 is 0 Å². The zero-order valence-electron chi connectivity index (χ0n) is 8.51. The third-order valence-corrected chi connectivity index (χ3v) is 3.42. The van der Waals surface area contributed by atoms with E-state index in [2.05, 4.69) is 37.0 Å². The summed E-state index contributed by atoms with van der Waals surface area (Å²) < 4.78 is 0. The van der Waals surface area contributed by atoms with Crippen molar-refractivity contribution in [1.82, 2.24) is 4.98 Å². The lowest BCUT2D eigenvalue weighted by molar-refractivity contribution is 0.227. The Labute approximate surface area is 80.2 Å². The van der Waals surface area contributed by atoms with E-state index in [1.807, 2.05) is 0 Å². The Bertz CT molecular complexity index is 294. The van der Waals surface area contributed by atoms with Gasteiger partial charge in [0.25, 0.3) is 0 Å². The molecular weight excluding hydrogens is 158 g/mol. The van der Waals surface area contributed by atoms with E-state index < -0.39 is 0 Å². The molecule has 0 saturated heterocycles. The average Bonchev–Trinajstić information content (AvgIpc) is 2.03. The Kier molecular flexibility index (Phi) is 2.10. The minimum absolute atomic E-state index is 0.437. The molecule has 1 saturated carbocycles. The highest BCUT2D eigenvalue weighted by Gasteiger charge is 2.37. The van der Waals surface area contributed by atoms with Crippen LogP contribution in [-0.4, -0.2) is 4.98 Å². The lowest BCUT2D eigenvalue weighted by Crippen LogP contribution is -2.34. The molecule has 1 aromatic heterocycles. The van der Waals surface area contributed by atoms with E-state index in [1.165, 1.54) is 31.4 Å². The van der Waals surface area contributed by atoms with Crippen LogP contribution in [0, 0.1) is 6.92 Å². The van der Waals surface area contributed by atoms with Crippen molar-refractivity contribution in [3.8, 4) is 0 Å². The van der Waals surface area contributed by atoms with Crippen molar-refractivity contribution >= 4 is 0 Å². The van der Waals surface area contributed by atoms with Gasteiger partial charge in [-0.25, -0.2) is 0 Å². The number of aryl methyl sites for hydroxylation is 1. The SMILES string of the molecule is CCC1(c2cccc(C)n2)CCC1. The van der Waals surface area contributed by atoms with Crippen LogP contribution in [0.2, 0.25) is 0 Å². The molecule has 0 bridgehead atoms. The molecule has 0 radical (unpaired) electrons. The van der Waals surface area contributed by atoms with Crippen LogP contribution in [0.25, 0.3) is 0 Å². The summed E-state index contributed by atoms with van der Waals surface area (Å²) in [4.78, 5) is 4.64. The number of pyridine rings is 1. The van der Waals surface area contributed by atoms with Gasteiger partial charge in [0.2, 0.25) is 0 Å². The predicted molar refractivity (Wildman–Crippen MR) is 54.8 cm³/mol. The van der Waals surface area contributed by atoms with Crippen LogP contribution >= 0.6 is 0 Å². The van der Waals surface area contributed by atoms with Gasteiger partial charge < -0.3 is 0 Å². The van der Waals surface area contributed by atoms with Crippen molar-refractivity contribution < 1.29 is 0 Å². The molecule has 1 heteroatoms. The Morgan fingerprint density at radius 2 is 2.15 bits per heavy atom. The van der Waals surface area contributed by atoms with E-state index >= 15 is 0 Å². The smallest absolute Gasteiger partial charge is 0.0468 e. The maximum absolute atomic E-state index is 4.64. The maximum Gasteiger partial charge on any atom is 0.0468 e. The highest BCUT2D eigenvalue weighted by Crippen LogP contribution is 2.45. The molecule has 0 aromatic carbocycles. The van der Waals surface area contributed by atoms with Crippen LogP contribution in [0.3, 0.4) is 0 Å². The van der Waals surface area contributed by atoms with Crippen molar-refractivity contribution in [3.05, 3.63) is 29.6 Å². The summed E-state index contributed by atoms with van der Waals surface area (Å²) >= 11 is 0. The molecular formula is C12H17N. The lowest BCUT2D eigenvalue weighted by atomic mass is 9.65. The van der Waals surface area contributed by atoms with Gasteiger partial charge in [-0.2, -0.15) is 0 Å². The van der Waals surface area contributed by atoms with E-state index in [0.29, 0.717) is 5.41 Å². The zero-order valence-corrected chi connectivity index (χ0v) is 8.51. The van der Waals surface area contributed by atoms with Crippen LogP contribution in [0.1, 0.15) is 44.0 Å². The lowest BCUT2D eigenvalue weighted by Gasteiger charge is -2.40. The topological polar surface area (TPSA) is 12.9 Å². The van der Waals surface area contributed by atoms with E-state index in [-0.39, 0.29) is 0 Å².